The first kappa shape index (κ1) is 20.8. The molecular weight excluding hydrogens is 350 g/mol. The summed E-state index contributed by atoms with van der Waals surface area (Å²) in [7, 11) is 0. The Balaban J connectivity index is 1.29. The van der Waals surface area contributed by atoms with Crippen LogP contribution in [0.4, 0.5) is 0 Å². The van der Waals surface area contributed by atoms with Gasteiger partial charge in [0.2, 0.25) is 0 Å². The zero-order valence-electron chi connectivity index (χ0n) is 19.9. The van der Waals surface area contributed by atoms with Gasteiger partial charge in [-0.3, -0.25) is 0 Å². The van der Waals surface area contributed by atoms with Crippen molar-refractivity contribution < 1.29 is 0 Å². The molecule has 0 bridgehead atoms. The van der Waals surface area contributed by atoms with Crippen molar-refractivity contribution in [3.8, 4) is 0 Å². The van der Waals surface area contributed by atoms with E-state index in [4.69, 9.17) is 0 Å². The molecule has 0 aromatic carbocycles. The highest BCUT2D eigenvalue weighted by Gasteiger charge is 2.51. The molecule has 1 aliphatic heterocycles. The van der Waals surface area contributed by atoms with E-state index in [1.165, 1.54) is 64.2 Å². The first-order chi connectivity index (χ1) is 14.0. The van der Waals surface area contributed by atoms with Gasteiger partial charge in [0, 0.05) is 12.1 Å². The smallest absolute Gasteiger partial charge is 0.0101 e. The molecule has 0 aromatic heterocycles. The number of fused-ring (bicyclic) bond motifs is 3. The molecule has 1 nitrogen and oxygen atoms in total. The molecule has 4 aliphatic carbocycles. The maximum absolute atomic E-state index is 4.19. The number of nitrogens with one attached hydrogen (secondary N) is 1. The highest BCUT2D eigenvalue weighted by molar-refractivity contribution is 5.05. The molecule has 166 valence electrons. The fourth-order valence-electron chi connectivity index (χ4n) is 10.1. The Morgan fingerprint density at radius 2 is 0.862 bits per heavy atom. The topological polar surface area (TPSA) is 12.0 Å². The molecule has 29 heavy (non-hydrogen) atoms. The van der Waals surface area contributed by atoms with Crippen molar-refractivity contribution in [3.05, 3.63) is 0 Å². The first-order valence-electron chi connectivity index (χ1n) is 13.8. The second-order valence-corrected chi connectivity index (χ2v) is 12.8. The minimum absolute atomic E-state index is 0.871. The lowest BCUT2D eigenvalue weighted by Gasteiger charge is -2.47. The van der Waals surface area contributed by atoms with Crippen LogP contribution >= 0.6 is 0 Å². The van der Waals surface area contributed by atoms with Gasteiger partial charge in [0.25, 0.3) is 0 Å². The van der Waals surface area contributed by atoms with Crippen LogP contribution in [0.15, 0.2) is 0 Å². The van der Waals surface area contributed by atoms with E-state index in [2.05, 4.69) is 33.0 Å². The summed E-state index contributed by atoms with van der Waals surface area (Å²) in [6.07, 6.45) is 18.1. The molecule has 0 spiro atoms. The molecule has 1 saturated heterocycles. The Hall–Kier alpha value is -0.0400. The highest BCUT2D eigenvalue weighted by atomic mass is 15.0. The summed E-state index contributed by atoms with van der Waals surface area (Å²) in [5, 5.41) is 4.19. The zero-order chi connectivity index (χ0) is 20.1. The Labute approximate surface area is 181 Å². The van der Waals surface area contributed by atoms with Crippen LogP contribution < -0.4 is 5.32 Å². The van der Waals surface area contributed by atoms with Gasteiger partial charge in [0.1, 0.15) is 0 Å². The lowest BCUT2D eigenvalue weighted by molar-refractivity contribution is 0.0358. The van der Waals surface area contributed by atoms with Crippen LogP contribution in [0.5, 0.6) is 0 Å². The van der Waals surface area contributed by atoms with Crippen LogP contribution in [0.2, 0.25) is 0 Å². The zero-order valence-corrected chi connectivity index (χ0v) is 19.9. The minimum Gasteiger partial charge on any atom is -0.311 e. The van der Waals surface area contributed by atoms with Crippen LogP contribution in [-0.4, -0.2) is 12.1 Å². The van der Waals surface area contributed by atoms with Crippen molar-refractivity contribution in [3.63, 3.8) is 0 Å². The third-order valence-corrected chi connectivity index (χ3v) is 11.2. The normalized spacial score (nSPS) is 55.9. The third-order valence-electron chi connectivity index (χ3n) is 11.2. The maximum atomic E-state index is 4.19. The van der Waals surface area contributed by atoms with Gasteiger partial charge in [-0.2, -0.15) is 0 Å². The maximum Gasteiger partial charge on any atom is 0.0101 e. The van der Waals surface area contributed by atoms with E-state index in [0.717, 1.165) is 71.3 Å². The summed E-state index contributed by atoms with van der Waals surface area (Å²) in [6.45, 7) is 10.4. The van der Waals surface area contributed by atoms with Crippen LogP contribution in [-0.2, 0) is 0 Å². The molecular formula is C28H49N. The summed E-state index contributed by atoms with van der Waals surface area (Å²) in [5.41, 5.74) is 0. The summed E-state index contributed by atoms with van der Waals surface area (Å²) < 4.78 is 0. The average Bonchev–Trinajstić information content (AvgIpc) is 3.05. The number of hydrogen-bond donors (Lipinski definition) is 1. The Bertz CT molecular complexity index is 489. The van der Waals surface area contributed by atoms with Crippen LogP contribution in [0.3, 0.4) is 0 Å². The van der Waals surface area contributed by atoms with Crippen molar-refractivity contribution in [2.24, 2.45) is 59.2 Å². The molecule has 5 aliphatic rings. The van der Waals surface area contributed by atoms with E-state index >= 15 is 0 Å². The lowest BCUT2D eigenvalue weighted by atomic mass is 9.58. The molecule has 4 saturated carbocycles. The van der Waals surface area contributed by atoms with Crippen molar-refractivity contribution in [2.75, 3.05) is 0 Å². The summed E-state index contributed by atoms with van der Waals surface area (Å²) in [4.78, 5) is 0. The van der Waals surface area contributed by atoms with Crippen LogP contribution in [0.25, 0.3) is 0 Å². The second-order valence-electron chi connectivity index (χ2n) is 12.8. The Kier molecular flexibility index (Phi) is 6.09. The van der Waals surface area contributed by atoms with E-state index in [9.17, 15) is 0 Å². The molecule has 0 amide bonds. The van der Waals surface area contributed by atoms with Crippen molar-refractivity contribution in [2.45, 2.75) is 117 Å². The lowest BCUT2D eigenvalue weighted by Crippen LogP contribution is -2.41. The van der Waals surface area contributed by atoms with Gasteiger partial charge in [-0.1, -0.05) is 66.2 Å². The molecule has 10 unspecified atom stereocenters. The molecule has 0 aromatic rings. The van der Waals surface area contributed by atoms with E-state index in [-0.39, 0.29) is 0 Å². The fourth-order valence-corrected chi connectivity index (χ4v) is 10.1. The second kappa shape index (κ2) is 8.48. The summed E-state index contributed by atoms with van der Waals surface area (Å²) in [5.74, 6) is 10.1. The monoisotopic (exact) mass is 399 g/mol. The van der Waals surface area contributed by atoms with Crippen LogP contribution in [0.1, 0.15) is 105 Å². The Morgan fingerprint density at radius 1 is 0.483 bits per heavy atom. The predicted molar refractivity (Wildman–Crippen MR) is 124 cm³/mol. The van der Waals surface area contributed by atoms with Gasteiger partial charge >= 0.3 is 0 Å². The van der Waals surface area contributed by atoms with E-state index in [0.29, 0.717) is 0 Å². The SMILES string of the molecule is CC1CCCC(C)C1C1CCC2NC3CCC(C4C(C)CCCC4C)CC3C2C1. The highest BCUT2D eigenvalue weighted by Crippen LogP contribution is 2.54. The van der Waals surface area contributed by atoms with Gasteiger partial charge in [0.15, 0.2) is 0 Å². The summed E-state index contributed by atoms with van der Waals surface area (Å²) in [6, 6.07) is 1.74. The Morgan fingerprint density at radius 3 is 1.24 bits per heavy atom. The molecule has 1 heteroatoms. The largest absolute Gasteiger partial charge is 0.311 e. The van der Waals surface area contributed by atoms with Gasteiger partial charge in [-0.15, -0.1) is 0 Å². The summed E-state index contributed by atoms with van der Waals surface area (Å²) >= 11 is 0. The van der Waals surface area contributed by atoms with Gasteiger partial charge < -0.3 is 5.32 Å². The minimum atomic E-state index is 0.871. The molecule has 1 N–H and O–H groups in total. The van der Waals surface area contributed by atoms with E-state index in [1.54, 1.807) is 12.8 Å². The van der Waals surface area contributed by atoms with Gasteiger partial charge in [-0.25, -0.2) is 0 Å². The molecule has 10 atom stereocenters. The van der Waals surface area contributed by atoms with Gasteiger partial charge in [-0.05, 0) is 97.7 Å². The molecule has 1 heterocycles. The third kappa shape index (κ3) is 3.85. The average molecular weight is 400 g/mol. The van der Waals surface area contributed by atoms with Crippen molar-refractivity contribution >= 4 is 0 Å². The first-order valence-corrected chi connectivity index (χ1v) is 13.8. The molecule has 5 fully saturated rings. The van der Waals surface area contributed by atoms with Crippen molar-refractivity contribution in [1.29, 1.82) is 0 Å². The van der Waals surface area contributed by atoms with E-state index in [1.807, 2.05) is 0 Å². The fraction of sp³-hybridized carbons (Fsp3) is 1.00. The molecule has 0 radical (unpaired) electrons. The van der Waals surface area contributed by atoms with E-state index < -0.39 is 0 Å². The quantitative estimate of drug-likeness (QED) is 0.513. The number of rotatable bonds is 2. The van der Waals surface area contributed by atoms with Crippen LogP contribution in [0, 0.1) is 59.2 Å². The van der Waals surface area contributed by atoms with Crippen molar-refractivity contribution in [1.82, 2.24) is 5.32 Å². The standard InChI is InChI=1S/C28H49N/c1-17-7-5-8-18(2)27(17)21-11-13-25-23(15-21)24-16-22(12-14-26(24)29-25)28-19(3)9-6-10-20(28)4/h17-29H,5-16H2,1-4H3. The number of hydrogen-bond acceptors (Lipinski definition) is 1. The van der Waals surface area contributed by atoms with Gasteiger partial charge in [0.05, 0.1) is 0 Å². The molecule has 5 rings (SSSR count). The predicted octanol–water partition coefficient (Wildman–Crippen LogP) is 7.30.